The zero-order valence-corrected chi connectivity index (χ0v) is 18.0. The minimum absolute atomic E-state index is 0.0285. The Kier molecular flexibility index (Phi) is 6.98. The molecule has 0 radical (unpaired) electrons. The number of benzene rings is 2. The van der Waals surface area contributed by atoms with Gasteiger partial charge in [-0.05, 0) is 36.4 Å². The Hall–Kier alpha value is -2.74. The van der Waals surface area contributed by atoms with Crippen molar-refractivity contribution in [2.24, 2.45) is 0 Å². The van der Waals surface area contributed by atoms with Gasteiger partial charge in [0.05, 0.1) is 19.8 Å². The zero-order valence-electron chi connectivity index (χ0n) is 16.4. The van der Waals surface area contributed by atoms with Gasteiger partial charge >= 0.3 is 0 Å². The molecule has 3 rings (SSSR count). The summed E-state index contributed by atoms with van der Waals surface area (Å²) in [5.74, 6) is 1.33. The number of para-hydroxylation sites is 1. The van der Waals surface area contributed by atoms with Gasteiger partial charge in [-0.1, -0.05) is 22.0 Å². The first kappa shape index (κ1) is 21.0. The van der Waals surface area contributed by atoms with Gasteiger partial charge in [-0.3, -0.25) is 9.59 Å². The Bertz CT molecular complexity index is 864. The molecule has 0 aliphatic carbocycles. The fourth-order valence-electron chi connectivity index (χ4n) is 3.15. The van der Waals surface area contributed by atoms with E-state index >= 15 is 0 Å². The summed E-state index contributed by atoms with van der Waals surface area (Å²) in [5.41, 5.74) is 0.449. The van der Waals surface area contributed by atoms with Gasteiger partial charge in [-0.2, -0.15) is 0 Å². The molecule has 1 heterocycles. The zero-order chi connectivity index (χ0) is 20.8. The highest BCUT2D eigenvalue weighted by Crippen LogP contribution is 2.31. The summed E-state index contributed by atoms with van der Waals surface area (Å²) in [5, 5.41) is 0. The number of amides is 2. The van der Waals surface area contributed by atoms with E-state index in [9.17, 15) is 9.59 Å². The minimum atomic E-state index is -0.140. The van der Waals surface area contributed by atoms with E-state index in [2.05, 4.69) is 15.9 Å². The first-order valence-electron chi connectivity index (χ1n) is 9.20. The lowest BCUT2D eigenvalue weighted by molar-refractivity contribution is -0.134. The number of ether oxygens (including phenoxy) is 3. The molecule has 154 valence electrons. The van der Waals surface area contributed by atoms with Crippen molar-refractivity contribution in [2.75, 3.05) is 47.0 Å². The molecule has 0 atom stereocenters. The average Bonchev–Trinajstić information content (AvgIpc) is 2.77. The number of carbonyl (C=O) groups excluding carboxylic acids is 2. The molecular formula is C21H23BrN2O5. The fraction of sp³-hybridized carbons (Fsp3) is 0.333. The van der Waals surface area contributed by atoms with E-state index < -0.39 is 0 Å². The van der Waals surface area contributed by atoms with Gasteiger partial charge < -0.3 is 24.0 Å². The van der Waals surface area contributed by atoms with E-state index in [1.54, 1.807) is 40.1 Å². The van der Waals surface area contributed by atoms with E-state index in [0.717, 1.165) is 4.47 Å². The molecule has 2 aromatic rings. The molecule has 0 aromatic heterocycles. The fourth-order valence-corrected chi connectivity index (χ4v) is 3.42. The van der Waals surface area contributed by atoms with Crippen molar-refractivity contribution in [3.63, 3.8) is 0 Å². The van der Waals surface area contributed by atoms with Gasteiger partial charge in [0, 0.05) is 30.7 Å². The first-order chi connectivity index (χ1) is 14.0. The maximum Gasteiger partial charge on any atom is 0.260 e. The number of hydrogen-bond acceptors (Lipinski definition) is 5. The van der Waals surface area contributed by atoms with Crippen LogP contribution in [0.15, 0.2) is 46.9 Å². The summed E-state index contributed by atoms with van der Waals surface area (Å²) in [7, 11) is 3.05. The second-order valence-electron chi connectivity index (χ2n) is 6.46. The predicted octanol–water partition coefficient (Wildman–Crippen LogP) is 2.83. The maximum atomic E-state index is 12.9. The standard InChI is InChI=1S/C21H23BrN2O5/c1-27-18-5-3-4-17(20(18)28-2)21(26)24-12-10-23(11-13-24)19(25)14-29-16-8-6-15(22)7-9-16/h3-9H,10-14H2,1-2H3. The molecule has 0 unspecified atom stereocenters. The van der Waals surface area contributed by atoms with Gasteiger partial charge in [0.2, 0.25) is 0 Å². The Balaban J connectivity index is 1.55. The molecule has 2 amide bonds. The quantitative estimate of drug-likeness (QED) is 0.659. The van der Waals surface area contributed by atoms with Crippen molar-refractivity contribution in [2.45, 2.75) is 0 Å². The highest BCUT2D eigenvalue weighted by Gasteiger charge is 2.27. The van der Waals surface area contributed by atoms with Crippen molar-refractivity contribution in [3.05, 3.63) is 52.5 Å². The van der Waals surface area contributed by atoms with Crippen molar-refractivity contribution >= 4 is 27.7 Å². The van der Waals surface area contributed by atoms with Gasteiger partial charge in [0.1, 0.15) is 5.75 Å². The van der Waals surface area contributed by atoms with Crippen LogP contribution in [0.25, 0.3) is 0 Å². The van der Waals surface area contributed by atoms with Crippen molar-refractivity contribution in [3.8, 4) is 17.2 Å². The Labute approximate surface area is 178 Å². The molecule has 1 saturated heterocycles. The molecule has 2 aromatic carbocycles. The molecular weight excluding hydrogens is 440 g/mol. The van der Waals surface area contributed by atoms with Crippen LogP contribution in [0.4, 0.5) is 0 Å². The molecule has 0 N–H and O–H groups in total. The third kappa shape index (κ3) is 5.00. The number of rotatable bonds is 6. The molecule has 7 nitrogen and oxygen atoms in total. The Morgan fingerprint density at radius 1 is 0.931 bits per heavy atom. The van der Waals surface area contributed by atoms with Crippen LogP contribution in [0.2, 0.25) is 0 Å². The second kappa shape index (κ2) is 9.65. The lowest BCUT2D eigenvalue weighted by Gasteiger charge is -2.35. The molecule has 0 spiro atoms. The summed E-state index contributed by atoms with van der Waals surface area (Å²) in [6.07, 6.45) is 0. The minimum Gasteiger partial charge on any atom is -0.493 e. The van der Waals surface area contributed by atoms with E-state index in [1.165, 1.54) is 14.2 Å². The van der Waals surface area contributed by atoms with Gasteiger partial charge in [0.15, 0.2) is 18.1 Å². The lowest BCUT2D eigenvalue weighted by atomic mass is 10.1. The van der Waals surface area contributed by atoms with Gasteiger partial charge in [0.25, 0.3) is 11.8 Å². The summed E-state index contributed by atoms with van der Waals surface area (Å²) in [4.78, 5) is 28.8. The van der Waals surface area contributed by atoms with Crippen LogP contribution in [0.3, 0.4) is 0 Å². The number of carbonyl (C=O) groups is 2. The molecule has 0 saturated carbocycles. The summed E-state index contributed by atoms with van der Waals surface area (Å²) < 4.78 is 17.1. The van der Waals surface area contributed by atoms with Gasteiger partial charge in [-0.15, -0.1) is 0 Å². The number of methoxy groups -OCH3 is 2. The SMILES string of the molecule is COc1cccc(C(=O)N2CCN(C(=O)COc3ccc(Br)cc3)CC2)c1OC. The number of piperazine rings is 1. The van der Waals surface area contributed by atoms with Crippen molar-refractivity contribution < 1.29 is 23.8 Å². The Morgan fingerprint density at radius 2 is 1.59 bits per heavy atom. The van der Waals surface area contributed by atoms with Crippen molar-refractivity contribution in [1.82, 2.24) is 9.80 Å². The average molecular weight is 463 g/mol. The number of halogens is 1. The smallest absolute Gasteiger partial charge is 0.260 e. The van der Waals surface area contributed by atoms with Crippen LogP contribution >= 0.6 is 15.9 Å². The van der Waals surface area contributed by atoms with Crippen LogP contribution in [0, 0.1) is 0 Å². The summed E-state index contributed by atoms with van der Waals surface area (Å²) in [6.45, 7) is 1.78. The highest BCUT2D eigenvalue weighted by atomic mass is 79.9. The second-order valence-corrected chi connectivity index (χ2v) is 7.37. The molecule has 8 heteroatoms. The van der Waals surface area contributed by atoms with E-state index in [1.807, 2.05) is 12.1 Å². The van der Waals surface area contributed by atoms with Crippen molar-refractivity contribution in [1.29, 1.82) is 0 Å². The third-order valence-corrected chi connectivity index (χ3v) is 5.26. The molecule has 1 aliphatic rings. The van der Waals surface area contributed by atoms with E-state index in [4.69, 9.17) is 14.2 Å². The van der Waals surface area contributed by atoms with E-state index in [0.29, 0.717) is 49.0 Å². The van der Waals surface area contributed by atoms with Crippen LogP contribution in [0.5, 0.6) is 17.2 Å². The third-order valence-electron chi connectivity index (χ3n) is 4.73. The molecule has 0 bridgehead atoms. The topological polar surface area (TPSA) is 68.3 Å². The predicted molar refractivity (Wildman–Crippen MR) is 112 cm³/mol. The highest BCUT2D eigenvalue weighted by molar-refractivity contribution is 9.10. The first-order valence-corrected chi connectivity index (χ1v) is 9.99. The number of hydrogen-bond donors (Lipinski definition) is 0. The van der Waals surface area contributed by atoms with Crippen LogP contribution < -0.4 is 14.2 Å². The number of nitrogens with zero attached hydrogens (tertiary/aromatic N) is 2. The largest absolute Gasteiger partial charge is 0.493 e. The monoisotopic (exact) mass is 462 g/mol. The van der Waals surface area contributed by atoms with E-state index in [-0.39, 0.29) is 18.4 Å². The molecule has 1 aliphatic heterocycles. The van der Waals surface area contributed by atoms with Crippen LogP contribution in [-0.4, -0.2) is 68.6 Å². The molecule has 29 heavy (non-hydrogen) atoms. The van der Waals surface area contributed by atoms with Crippen LogP contribution in [0.1, 0.15) is 10.4 Å². The summed E-state index contributed by atoms with van der Waals surface area (Å²) >= 11 is 3.36. The molecule has 1 fully saturated rings. The lowest BCUT2D eigenvalue weighted by Crippen LogP contribution is -2.51. The maximum absolute atomic E-state index is 12.9. The normalized spacial score (nSPS) is 13.8. The van der Waals surface area contributed by atoms with Crippen LogP contribution in [-0.2, 0) is 4.79 Å². The summed E-state index contributed by atoms with van der Waals surface area (Å²) in [6, 6.07) is 12.5. The Morgan fingerprint density at radius 3 is 2.21 bits per heavy atom. The van der Waals surface area contributed by atoms with Gasteiger partial charge in [-0.25, -0.2) is 0 Å².